The molecule has 3 unspecified atom stereocenters. The van der Waals surface area contributed by atoms with E-state index in [1.165, 1.54) is 0 Å². The van der Waals surface area contributed by atoms with E-state index in [4.69, 9.17) is 5.11 Å². The molecule has 12 heavy (non-hydrogen) atoms. The van der Waals surface area contributed by atoms with Gasteiger partial charge >= 0.3 is 5.97 Å². The van der Waals surface area contributed by atoms with Crippen LogP contribution in [-0.4, -0.2) is 26.8 Å². The first kappa shape index (κ1) is 9.71. The van der Waals surface area contributed by atoms with Crippen LogP contribution in [0.4, 0.5) is 0 Å². The number of hydrogen-bond donors (Lipinski definition) is 1. The van der Waals surface area contributed by atoms with Gasteiger partial charge in [-0.2, -0.15) is 0 Å². The average Bonchev–Trinajstić information content (AvgIpc) is 2.04. The van der Waals surface area contributed by atoms with Crippen LogP contribution in [0.25, 0.3) is 0 Å². The van der Waals surface area contributed by atoms with Crippen molar-refractivity contribution in [1.29, 1.82) is 0 Å². The number of hydrogen-bond acceptors (Lipinski definition) is 2. The molecule has 1 fully saturated rings. The van der Waals surface area contributed by atoms with Crippen molar-refractivity contribution in [2.75, 3.05) is 6.26 Å². The summed E-state index contributed by atoms with van der Waals surface area (Å²) in [7, 11) is -0.983. The van der Waals surface area contributed by atoms with Crippen LogP contribution in [0.1, 0.15) is 25.7 Å². The second-order valence-corrected chi connectivity index (χ2v) is 4.87. The first-order valence-electron chi connectivity index (χ1n) is 4.18. The molecule has 0 heterocycles. The SMILES string of the molecule is CS(=O)C1CCCCC1C(=O)O. The first-order valence-corrected chi connectivity index (χ1v) is 5.80. The molecule has 1 aliphatic carbocycles. The van der Waals surface area contributed by atoms with Crippen LogP contribution in [0.3, 0.4) is 0 Å². The minimum absolute atomic E-state index is 0.115. The van der Waals surface area contributed by atoms with Crippen LogP contribution in [0.5, 0.6) is 0 Å². The zero-order valence-corrected chi connectivity index (χ0v) is 7.97. The van der Waals surface area contributed by atoms with Gasteiger partial charge in [0, 0.05) is 22.3 Å². The summed E-state index contributed by atoms with van der Waals surface area (Å²) in [4.78, 5) is 10.7. The Kier molecular flexibility index (Phi) is 3.26. The summed E-state index contributed by atoms with van der Waals surface area (Å²) >= 11 is 0. The normalized spacial score (nSPS) is 32.8. The molecular formula is C8H14O3S. The Hall–Kier alpha value is -0.380. The summed E-state index contributed by atoms with van der Waals surface area (Å²) in [5, 5.41) is 8.71. The molecule has 0 saturated heterocycles. The zero-order chi connectivity index (χ0) is 9.14. The summed E-state index contributed by atoms with van der Waals surface area (Å²) in [6.07, 6.45) is 5.09. The van der Waals surface area contributed by atoms with Gasteiger partial charge in [0.2, 0.25) is 0 Å². The van der Waals surface area contributed by atoms with Crippen molar-refractivity contribution in [3.8, 4) is 0 Å². The van der Waals surface area contributed by atoms with Gasteiger partial charge in [-0.15, -0.1) is 0 Å². The summed E-state index contributed by atoms with van der Waals surface area (Å²) < 4.78 is 11.2. The lowest BCUT2D eigenvalue weighted by Crippen LogP contribution is -2.34. The third-order valence-electron chi connectivity index (χ3n) is 2.45. The fraction of sp³-hybridized carbons (Fsp3) is 0.875. The van der Waals surface area contributed by atoms with E-state index in [0.29, 0.717) is 6.42 Å². The molecule has 1 rings (SSSR count). The number of rotatable bonds is 2. The van der Waals surface area contributed by atoms with Crippen molar-refractivity contribution in [3.05, 3.63) is 0 Å². The molecule has 0 aromatic heterocycles. The maximum Gasteiger partial charge on any atom is 0.307 e. The van der Waals surface area contributed by atoms with Crippen molar-refractivity contribution in [2.24, 2.45) is 5.92 Å². The van der Waals surface area contributed by atoms with Gasteiger partial charge in [-0.25, -0.2) is 0 Å². The monoisotopic (exact) mass is 190 g/mol. The van der Waals surface area contributed by atoms with E-state index in [1.807, 2.05) is 0 Å². The molecule has 1 saturated carbocycles. The van der Waals surface area contributed by atoms with E-state index < -0.39 is 16.8 Å². The molecule has 0 amide bonds. The van der Waals surface area contributed by atoms with Gasteiger partial charge in [0.1, 0.15) is 0 Å². The van der Waals surface area contributed by atoms with E-state index in [2.05, 4.69) is 0 Å². The largest absolute Gasteiger partial charge is 0.481 e. The Bertz CT molecular complexity index is 180. The molecule has 0 aliphatic heterocycles. The number of carboxylic acids is 1. The number of aliphatic carboxylic acids is 1. The van der Waals surface area contributed by atoms with Crippen molar-refractivity contribution < 1.29 is 14.1 Å². The van der Waals surface area contributed by atoms with Gasteiger partial charge in [-0.05, 0) is 12.8 Å². The molecule has 3 nitrogen and oxygen atoms in total. The van der Waals surface area contributed by atoms with Crippen LogP contribution in [0.15, 0.2) is 0 Å². The van der Waals surface area contributed by atoms with Gasteiger partial charge < -0.3 is 5.11 Å². The van der Waals surface area contributed by atoms with Crippen LogP contribution in [-0.2, 0) is 15.6 Å². The molecule has 0 aromatic rings. The van der Waals surface area contributed by atoms with Crippen LogP contribution in [0, 0.1) is 5.92 Å². The van der Waals surface area contributed by atoms with Crippen molar-refractivity contribution >= 4 is 16.8 Å². The zero-order valence-electron chi connectivity index (χ0n) is 7.16. The van der Waals surface area contributed by atoms with Crippen molar-refractivity contribution in [3.63, 3.8) is 0 Å². The molecule has 4 heteroatoms. The molecule has 0 spiro atoms. The highest BCUT2D eigenvalue weighted by Crippen LogP contribution is 2.27. The molecule has 70 valence electrons. The van der Waals surface area contributed by atoms with E-state index >= 15 is 0 Å². The maximum atomic E-state index is 11.2. The van der Waals surface area contributed by atoms with Gasteiger partial charge in [0.15, 0.2) is 0 Å². The molecule has 1 aliphatic rings. The predicted octanol–water partition coefficient (Wildman–Crippen LogP) is 1.01. The Morgan fingerprint density at radius 1 is 1.42 bits per heavy atom. The molecular weight excluding hydrogens is 176 g/mol. The molecule has 3 atom stereocenters. The third-order valence-corrected chi connectivity index (χ3v) is 3.86. The van der Waals surface area contributed by atoms with Crippen LogP contribution >= 0.6 is 0 Å². The summed E-state index contributed by atoms with van der Waals surface area (Å²) in [6, 6.07) is 0. The lowest BCUT2D eigenvalue weighted by Gasteiger charge is -2.26. The summed E-state index contributed by atoms with van der Waals surface area (Å²) in [5.41, 5.74) is 0. The van der Waals surface area contributed by atoms with Crippen LogP contribution < -0.4 is 0 Å². The minimum Gasteiger partial charge on any atom is -0.481 e. The minimum atomic E-state index is -0.983. The second-order valence-electron chi connectivity index (χ2n) is 3.27. The fourth-order valence-electron chi connectivity index (χ4n) is 1.78. The van der Waals surface area contributed by atoms with Crippen molar-refractivity contribution in [2.45, 2.75) is 30.9 Å². The summed E-state index contributed by atoms with van der Waals surface area (Å²) in [6.45, 7) is 0. The first-order chi connectivity index (χ1) is 5.63. The Balaban J connectivity index is 2.67. The van der Waals surface area contributed by atoms with Gasteiger partial charge in [0.05, 0.1) is 5.92 Å². The smallest absolute Gasteiger partial charge is 0.307 e. The third kappa shape index (κ3) is 2.06. The highest BCUT2D eigenvalue weighted by Gasteiger charge is 2.32. The highest BCUT2D eigenvalue weighted by molar-refractivity contribution is 7.84. The molecule has 0 aromatic carbocycles. The average molecular weight is 190 g/mol. The van der Waals surface area contributed by atoms with Crippen LogP contribution in [0.2, 0.25) is 0 Å². The predicted molar refractivity (Wildman–Crippen MR) is 47.4 cm³/mol. The van der Waals surface area contributed by atoms with E-state index in [-0.39, 0.29) is 11.2 Å². The standard InChI is InChI=1S/C8H14O3S/c1-12(11)7-5-3-2-4-6(7)8(9)10/h6-7H,2-5H2,1H3,(H,9,10). The number of carbonyl (C=O) groups is 1. The topological polar surface area (TPSA) is 54.4 Å². The fourth-order valence-corrected chi connectivity index (χ4v) is 2.99. The number of carboxylic acid groups (broad SMARTS) is 1. The molecule has 1 N–H and O–H groups in total. The summed E-state index contributed by atoms with van der Waals surface area (Å²) in [5.74, 6) is -1.15. The lowest BCUT2D eigenvalue weighted by molar-refractivity contribution is -0.142. The van der Waals surface area contributed by atoms with Gasteiger partial charge in [0.25, 0.3) is 0 Å². The highest BCUT2D eigenvalue weighted by atomic mass is 32.2. The van der Waals surface area contributed by atoms with Gasteiger partial charge in [-0.1, -0.05) is 12.8 Å². The quantitative estimate of drug-likeness (QED) is 0.707. The molecule has 0 radical (unpaired) electrons. The second kappa shape index (κ2) is 4.03. The van der Waals surface area contributed by atoms with E-state index in [0.717, 1.165) is 19.3 Å². The molecule has 0 bridgehead atoms. The Morgan fingerprint density at radius 3 is 2.42 bits per heavy atom. The van der Waals surface area contributed by atoms with E-state index in [1.54, 1.807) is 6.26 Å². The Labute approximate surface area is 74.6 Å². The maximum absolute atomic E-state index is 11.2. The van der Waals surface area contributed by atoms with Crippen molar-refractivity contribution in [1.82, 2.24) is 0 Å². The lowest BCUT2D eigenvalue weighted by atomic mass is 9.89. The Morgan fingerprint density at radius 2 is 2.00 bits per heavy atom. The van der Waals surface area contributed by atoms with Gasteiger partial charge in [-0.3, -0.25) is 9.00 Å². The van der Waals surface area contributed by atoms with E-state index in [9.17, 15) is 9.00 Å².